The number of aldehydes is 1. The number of amides is 1. The van der Waals surface area contributed by atoms with Crippen molar-refractivity contribution >= 4 is 41.5 Å². The van der Waals surface area contributed by atoms with Gasteiger partial charge in [0.05, 0.1) is 29.6 Å². The molecule has 3 N–H and O–H groups in total. The Morgan fingerprint density at radius 1 is 1.54 bits per heavy atom. The van der Waals surface area contributed by atoms with Crippen LogP contribution >= 0.6 is 11.6 Å². The van der Waals surface area contributed by atoms with Crippen molar-refractivity contribution in [2.24, 2.45) is 15.7 Å². The molecule has 2 aliphatic heterocycles. The van der Waals surface area contributed by atoms with Crippen molar-refractivity contribution in [3.05, 3.63) is 52.3 Å². The summed E-state index contributed by atoms with van der Waals surface area (Å²) in [5, 5.41) is 0.195. The molecule has 1 unspecified atom stereocenters. The molecular weight excluding hydrogens is 382 g/mol. The Morgan fingerprint density at radius 2 is 2.32 bits per heavy atom. The predicted octanol–water partition coefficient (Wildman–Crippen LogP) is 1.96. The SMILES string of the molecule is C=C(N=C/C(Cl)=C(\N)c1ccc2c(c1)C(=O)N(CC=O)C2)N=C1CC(C)ON1. The highest BCUT2D eigenvalue weighted by atomic mass is 35.5. The Labute approximate surface area is 167 Å². The van der Waals surface area contributed by atoms with Gasteiger partial charge in [-0.1, -0.05) is 30.3 Å². The number of hydrogen-bond donors (Lipinski definition) is 2. The Balaban J connectivity index is 1.75. The monoisotopic (exact) mass is 401 g/mol. The van der Waals surface area contributed by atoms with Crippen LogP contribution in [0.2, 0.25) is 0 Å². The summed E-state index contributed by atoms with van der Waals surface area (Å²) >= 11 is 6.25. The third kappa shape index (κ3) is 4.29. The first-order valence-electron chi connectivity index (χ1n) is 8.62. The summed E-state index contributed by atoms with van der Waals surface area (Å²) in [5.74, 6) is 0.686. The van der Waals surface area contributed by atoms with Gasteiger partial charge in [0.1, 0.15) is 17.9 Å². The number of aliphatic imine (C=N–C) groups is 2. The van der Waals surface area contributed by atoms with Crippen LogP contribution in [0.5, 0.6) is 0 Å². The van der Waals surface area contributed by atoms with Crippen LogP contribution in [0.1, 0.15) is 34.8 Å². The van der Waals surface area contributed by atoms with Gasteiger partial charge in [-0.3, -0.25) is 15.1 Å². The second-order valence-corrected chi connectivity index (χ2v) is 6.86. The Bertz CT molecular complexity index is 922. The molecule has 0 bridgehead atoms. The number of carbonyl (C=O) groups is 2. The molecule has 1 atom stereocenters. The summed E-state index contributed by atoms with van der Waals surface area (Å²) < 4.78 is 0. The van der Waals surface area contributed by atoms with Crippen LogP contribution in [0.3, 0.4) is 0 Å². The number of nitrogens with two attached hydrogens (primary N) is 1. The number of rotatable bonds is 6. The molecule has 0 spiro atoms. The standard InChI is InChI=1S/C19H20ClN5O3/c1-11-7-17(24-28-11)23-12(2)22-9-16(20)18(21)13-3-4-14-10-25(5-6-26)19(27)15(14)8-13/h3-4,6,8-9,11H,2,5,7,10,21H2,1H3,(H,23,24)/b18-16+,22-9?. The van der Waals surface area contributed by atoms with Crippen LogP contribution in [0.4, 0.5) is 0 Å². The van der Waals surface area contributed by atoms with Gasteiger partial charge in [-0.05, 0) is 24.1 Å². The summed E-state index contributed by atoms with van der Waals surface area (Å²) in [6.07, 6.45) is 2.75. The fraction of sp³-hybridized carbons (Fsp3) is 0.263. The summed E-state index contributed by atoms with van der Waals surface area (Å²) in [7, 11) is 0. The molecule has 0 aliphatic carbocycles. The number of benzene rings is 1. The highest BCUT2D eigenvalue weighted by Crippen LogP contribution is 2.26. The van der Waals surface area contributed by atoms with Crippen molar-refractivity contribution in [1.29, 1.82) is 0 Å². The van der Waals surface area contributed by atoms with Gasteiger partial charge in [-0.25, -0.2) is 9.98 Å². The van der Waals surface area contributed by atoms with E-state index in [0.29, 0.717) is 36.2 Å². The van der Waals surface area contributed by atoms with E-state index in [0.717, 1.165) is 5.56 Å². The van der Waals surface area contributed by atoms with Gasteiger partial charge < -0.3 is 15.4 Å². The Kier molecular flexibility index (Phi) is 5.91. The van der Waals surface area contributed by atoms with E-state index in [4.69, 9.17) is 22.2 Å². The Hall–Kier alpha value is -2.97. The zero-order chi connectivity index (χ0) is 20.3. The number of hydrogen-bond acceptors (Lipinski definition) is 6. The van der Waals surface area contributed by atoms with E-state index in [9.17, 15) is 9.59 Å². The minimum atomic E-state index is -0.203. The van der Waals surface area contributed by atoms with Crippen molar-refractivity contribution in [3.8, 4) is 0 Å². The smallest absolute Gasteiger partial charge is 0.254 e. The average molecular weight is 402 g/mol. The lowest BCUT2D eigenvalue weighted by Crippen LogP contribution is -2.25. The molecule has 8 nitrogen and oxygen atoms in total. The van der Waals surface area contributed by atoms with Crippen LogP contribution in [0.25, 0.3) is 5.70 Å². The molecule has 9 heteroatoms. The maximum Gasteiger partial charge on any atom is 0.254 e. The molecule has 1 amide bonds. The van der Waals surface area contributed by atoms with Gasteiger partial charge in [0.25, 0.3) is 5.91 Å². The molecule has 1 aromatic rings. The Morgan fingerprint density at radius 3 is 3.00 bits per heavy atom. The maximum absolute atomic E-state index is 12.3. The van der Waals surface area contributed by atoms with Crippen molar-refractivity contribution in [3.63, 3.8) is 0 Å². The van der Waals surface area contributed by atoms with Gasteiger partial charge in [-0.15, -0.1) is 0 Å². The second-order valence-electron chi connectivity index (χ2n) is 6.45. The lowest BCUT2D eigenvalue weighted by Gasteiger charge is -2.10. The predicted molar refractivity (Wildman–Crippen MR) is 108 cm³/mol. The zero-order valence-corrected chi connectivity index (χ0v) is 16.1. The first-order chi connectivity index (χ1) is 13.4. The van der Waals surface area contributed by atoms with Crippen molar-refractivity contribution in [2.75, 3.05) is 6.54 Å². The fourth-order valence-electron chi connectivity index (χ4n) is 2.88. The van der Waals surface area contributed by atoms with Gasteiger partial charge in [0.15, 0.2) is 0 Å². The number of amidine groups is 1. The molecule has 1 saturated heterocycles. The molecule has 0 aromatic heterocycles. The van der Waals surface area contributed by atoms with E-state index >= 15 is 0 Å². The minimum Gasteiger partial charge on any atom is -0.397 e. The van der Waals surface area contributed by atoms with Gasteiger partial charge in [-0.2, -0.15) is 0 Å². The molecular formula is C19H20ClN5O3. The number of nitrogens with one attached hydrogen (secondary N) is 1. The average Bonchev–Trinajstić information content (AvgIpc) is 3.22. The third-order valence-corrected chi connectivity index (χ3v) is 4.60. The zero-order valence-electron chi connectivity index (χ0n) is 15.3. The van der Waals surface area contributed by atoms with Gasteiger partial charge >= 0.3 is 0 Å². The number of fused-ring (bicyclic) bond motifs is 1. The first kappa shape index (κ1) is 19.8. The van der Waals surface area contributed by atoms with Crippen molar-refractivity contribution in [2.45, 2.75) is 26.0 Å². The molecule has 1 fully saturated rings. The van der Waals surface area contributed by atoms with Crippen molar-refractivity contribution < 1.29 is 14.4 Å². The summed E-state index contributed by atoms with van der Waals surface area (Å²) in [5.41, 5.74) is 11.0. The second kappa shape index (κ2) is 8.37. The minimum absolute atomic E-state index is 0.0413. The van der Waals surface area contributed by atoms with E-state index < -0.39 is 0 Å². The molecule has 3 rings (SSSR count). The quantitative estimate of drug-likeness (QED) is 0.559. The summed E-state index contributed by atoms with van der Waals surface area (Å²) in [6, 6.07) is 5.25. The van der Waals surface area contributed by atoms with E-state index in [-0.39, 0.29) is 35.1 Å². The molecule has 28 heavy (non-hydrogen) atoms. The van der Waals surface area contributed by atoms with Crippen LogP contribution < -0.4 is 11.2 Å². The van der Waals surface area contributed by atoms with Gasteiger partial charge in [0.2, 0.25) is 0 Å². The largest absolute Gasteiger partial charge is 0.397 e. The highest BCUT2D eigenvalue weighted by Gasteiger charge is 2.27. The molecule has 1 aromatic carbocycles. The normalized spacial score (nSPS) is 21.1. The lowest BCUT2D eigenvalue weighted by atomic mass is 10.0. The van der Waals surface area contributed by atoms with Crippen LogP contribution in [-0.2, 0) is 16.2 Å². The first-order valence-corrected chi connectivity index (χ1v) is 9.00. The number of nitrogens with zero attached hydrogens (tertiary/aromatic N) is 3. The molecule has 146 valence electrons. The number of hydroxylamine groups is 1. The van der Waals surface area contributed by atoms with E-state index in [1.807, 2.05) is 6.92 Å². The topological polar surface area (TPSA) is 109 Å². The van der Waals surface area contributed by atoms with E-state index in [2.05, 4.69) is 22.0 Å². The maximum atomic E-state index is 12.3. The lowest BCUT2D eigenvalue weighted by molar-refractivity contribution is -0.108. The van der Waals surface area contributed by atoms with Crippen LogP contribution in [0, 0.1) is 0 Å². The van der Waals surface area contributed by atoms with Crippen LogP contribution in [-0.4, -0.2) is 41.8 Å². The third-order valence-electron chi connectivity index (χ3n) is 4.30. The fourth-order valence-corrected chi connectivity index (χ4v) is 3.04. The van der Waals surface area contributed by atoms with E-state index in [1.165, 1.54) is 11.1 Å². The summed E-state index contributed by atoms with van der Waals surface area (Å²) in [4.78, 5) is 38.0. The van der Waals surface area contributed by atoms with Crippen LogP contribution in [0.15, 0.2) is 45.6 Å². The molecule has 2 aliphatic rings. The summed E-state index contributed by atoms with van der Waals surface area (Å²) in [6.45, 7) is 6.13. The molecule has 0 radical (unpaired) electrons. The number of allylic oxidation sites excluding steroid dienone is 1. The van der Waals surface area contributed by atoms with Gasteiger partial charge in [0, 0.05) is 18.5 Å². The van der Waals surface area contributed by atoms with Crippen molar-refractivity contribution in [1.82, 2.24) is 10.4 Å². The highest BCUT2D eigenvalue weighted by molar-refractivity contribution is 6.42. The molecule has 0 saturated carbocycles. The number of halogens is 1. The molecule has 2 heterocycles. The number of carbonyl (C=O) groups excluding carboxylic acids is 2. The van der Waals surface area contributed by atoms with E-state index in [1.54, 1.807) is 18.2 Å².